The molecule has 2 rings (SSSR count). The summed E-state index contributed by atoms with van der Waals surface area (Å²) in [6, 6.07) is 8.49. The number of thiophene rings is 1. The van der Waals surface area contributed by atoms with E-state index in [4.69, 9.17) is 5.73 Å². The molecule has 0 aliphatic heterocycles. The molecular weight excluding hydrogens is 249 g/mol. The average molecular weight is 265 g/mol. The van der Waals surface area contributed by atoms with E-state index in [9.17, 15) is 9.50 Å². The normalized spacial score (nSPS) is 14.4. The average Bonchev–Trinajstić information content (AvgIpc) is 2.90. The number of aliphatic hydroxyl groups excluding tert-OH is 1. The van der Waals surface area contributed by atoms with Gasteiger partial charge in [-0.1, -0.05) is 18.2 Å². The molecule has 18 heavy (non-hydrogen) atoms. The van der Waals surface area contributed by atoms with Crippen molar-refractivity contribution in [1.82, 2.24) is 0 Å². The zero-order chi connectivity index (χ0) is 13.0. The molecule has 1 atom stereocenters. The molecule has 3 N–H and O–H groups in total. The molecule has 1 aromatic heterocycles. The lowest BCUT2D eigenvalue weighted by atomic mass is 9.76. The standard InChI is InChI=1S/C14H16FNOS/c15-13-4-2-1-3-12(13)14(9-16,10-17)7-11-5-6-18-8-11/h1-6,8,17H,7,9-10,16H2. The van der Waals surface area contributed by atoms with Crippen LogP contribution in [-0.2, 0) is 11.8 Å². The summed E-state index contributed by atoms with van der Waals surface area (Å²) in [7, 11) is 0. The molecule has 0 aliphatic carbocycles. The smallest absolute Gasteiger partial charge is 0.127 e. The Morgan fingerprint density at radius 1 is 1.28 bits per heavy atom. The van der Waals surface area contributed by atoms with Crippen molar-refractivity contribution in [2.24, 2.45) is 5.73 Å². The molecule has 0 fully saturated rings. The van der Waals surface area contributed by atoms with Crippen LogP contribution in [0.5, 0.6) is 0 Å². The first-order valence-corrected chi connectivity index (χ1v) is 6.73. The van der Waals surface area contributed by atoms with E-state index in [1.54, 1.807) is 29.5 Å². The van der Waals surface area contributed by atoms with Crippen molar-refractivity contribution in [1.29, 1.82) is 0 Å². The molecule has 1 heterocycles. The maximum absolute atomic E-state index is 13.9. The van der Waals surface area contributed by atoms with Gasteiger partial charge in [-0.2, -0.15) is 11.3 Å². The first kappa shape index (κ1) is 13.2. The lowest BCUT2D eigenvalue weighted by Crippen LogP contribution is -2.41. The fraction of sp³-hybridized carbons (Fsp3) is 0.286. The van der Waals surface area contributed by atoms with Gasteiger partial charge in [0.2, 0.25) is 0 Å². The van der Waals surface area contributed by atoms with Crippen LogP contribution in [0.4, 0.5) is 4.39 Å². The Morgan fingerprint density at radius 3 is 2.61 bits per heavy atom. The van der Waals surface area contributed by atoms with Crippen LogP contribution < -0.4 is 5.73 Å². The van der Waals surface area contributed by atoms with Gasteiger partial charge >= 0.3 is 0 Å². The van der Waals surface area contributed by atoms with E-state index in [2.05, 4.69) is 0 Å². The highest BCUT2D eigenvalue weighted by Gasteiger charge is 2.33. The molecule has 1 unspecified atom stereocenters. The van der Waals surface area contributed by atoms with Gasteiger partial charge in [-0.15, -0.1) is 0 Å². The Bertz CT molecular complexity index is 494. The van der Waals surface area contributed by atoms with Crippen molar-refractivity contribution in [2.45, 2.75) is 11.8 Å². The van der Waals surface area contributed by atoms with Gasteiger partial charge in [0.25, 0.3) is 0 Å². The van der Waals surface area contributed by atoms with Crippen molar-refractivity contribution < 1.29 is 9.50 Å². The fourth-order valence-corrected chi connectivity index (χ4v) is 2.83. The lowest BCUT2D eigenvalue weighted by Gasteiger charge is -2.31. The monoisotopic (exact) mass is 265 g/mol. The molecular formula is C14H16FNOS. The van der Waals surface area contributed by atoms with E-state index in [0.29, 0.717) is 12.0 Å². The Hall–Kier alpha value is -1.23. The number of benzene rings is 1. The topological polar surface area (TPSA) is 46.2 Å². The number of halogens is 1. The third-order valence-electron chi connectivity index (χ3n) is 3.26. The molecule has 2 aromatic rings. The summed E-state index contributed by atoms with van der Waals surface area (Å²) in [5.41, 5.74) is 6.63. The highest BCUT2D eigenvalue weighted by molar-refractivity contribution is 7.07. The largest absolute Gasteiger partial charge is 0.395 e. The second kappa shape index (κ2) is 5.61. The number of hydrogen-bond acceptors (Lipinski definition) is 3. The summed E-state index contributed by atoms with van der Waals surface area (Å²) < 4.78 is 13.9. The molecule has 1 aromatic carbocycles. The van der Waals surface area contributed by atoms with Crippen LogP contribution in [0.2, 0.25) is 0 Å². The summed E-state index contributed by atoms with van der Waals surface area (Å²) in [4.78, 5) is 0. The Morgan fingerprint density at radius 2 is 2.06 bits per heavy atom. The Kier molecular flexibility index (Phi) is 4.11. The summed E-state index contributed by atoms with van der Waals surface area (Å²) in [6.07, 6.45) is 0.546. The predicted octanol–water partition coefficient (Wildman–Crippen LogP) is 2.32. The minimum absolute atomic E-state index is 0.166. The molecule has 0 saturated carbocycles. The number of aliphatic hydroxyl groups is 1. The van der Waals surface area contributed by atoms with E-state index in [1.807, 2.05) is 16.8 Å². The van der Waals surface area contributed by atoms with Gasteiger partial charge in [0, 0.05) is 12.0 Å². The van der Waals surface area contributed by atoms with Gasteiger partial charge < -0.3 is 10.8 Å². The van der Waals surface area contributed by atoms with E-state index in [0.717, 1.165) is 5.56 Å². The van der Waals surface area contributed by atoms with E-state index < -0.39 is 5.41 Å². The third kappa shape index (κ3) is 2.46. The Balaban J connectivity index is 2.40. The zero-order valence-corrected chi connectivity index (χ0v) is 10.8. The van der Waals surface area contributed by atoms with Crippen molar-refractivity contribution >= 4 is 11.3 Å². The van der Waals surface area contributed by atoms with Gasteiger partial charge in [-0.25, -0.2) is 4.39 Å². The predicted molar refractivity (Wildman–Crippen MR) is 72.2 cm³/mol. The lowest BCUT2D eigenvalue weighted by molar-refractivity contribution is 0.192. The molecule has 0 saturated heterocycles. The van der Waals surface area contributed by atoms with Crippen LogP contribution in [0.25, 0.3) is 0 Å². The molecule has 2 nitrogen and oxygen atoms in total. The molecule has 0 radical (unpaired) electrons. The minimum Gasteiger partial charge on any atom is -0.395 e. The SMILES string of the molecule is NCC(CO)(Cc1ccsc1)c1ccccc1F. The number of nitrogens with two attached hydrogens (primary N) is 1. The molecule has 96 valence electrons. The second-order valence-electron chi connectivity index (χ2n) is 4.43. The van der Waals surface area contributed by atoms with Crippen LogP contribution in [-0.4, -0.2) is 18.3 Å². The van der Waals surface area contributed by atoms with Crippen LogP contribution in [0.3, 0.4) is 0 Å². The van der Waals surface area contributed by atoms with Crippen LogP contribution in [0.1, 0.15) is 11.1 Å². The molecule has 0 bridgehead atoms. The highest BCUT2D eigenvalue weighted by Crippen LogP contribution is 2.30. The fourth-order valence-electron chi connectivity index (χ4n) is 2.16. The maximum atomic E-state index is 13.9. The van der Waals surface area contributed by atoms with Crippen molar-refractivity contribution in [2.75, 3.05) is 13.2 Å². The molecule has 0 spiro atoms. The maximum Gasteiger partial charge on any atom is 0.127 e. The van der Waals surface area contributed by atoms with Crippen LogP contribution in [0.15, 0.2) is 41.1 Å². The van der Waals surface area contributed by atoms with E-state index in [-0.39, 0.29) is 19.0 Å². The van der Waals surface area contributed by atoms with E-state index >= 15 is 0 Å². The summed E-state index contributed by atoms with van der Waals surface area (Å²) in [6.45, 7) is 0.0422. The summed E-state index contributed by atoms with van der Waals surface area (Å²) >= 11 is 1.58. The first-order valence-electron chi connectivity index (χ1n) is 5.79. The van der Waals surface area contributed by atoms with Gasteiger partial charge in [-0.3, -0.25) is 0 Å². The minimum atomic E-state index is -0.744. The molecule has 0 aliphatic rings. The van der Waals surface area contributed by atoms with Crippen molar-refractivity contribution in [3.8, 4) is 0 Å². The zero-order valence-electron chi connectivity index (χ0n) is 9.97. The van der Waals surface area contributed by atoms with Gasteiger partial charge in [0.15, 0.2) is 0 Å². The van der Waals surface area contributed by atoms with Crippen molar-refractivity contribution in [3.63, 3.8) is 0 Å². The third-order valence-corrected chi connectivity index (χ3v) is 3.99. The second-order valence-corrected chi connectivity index (χ2v) is 5.21. The first-order chi connectivity index (χ1) is 8.72. The van der Waals surface area contributed by atoms with Crippen molar-refractivity contribution in [3.05, 3.63) is 58.0 Å². The van der Waals surface area contributed by atoms with Crippen LogP contribution in [0, 0.1) is 5.82 Å². The number of hydrogen-bond donors (Lipinski definition) is 2. The highest BCUT2D eigenvalue weighted by atomic mass is 32.1. The molecule has 0 amide bonds. The Labute approximate surface area is 110 Å². The summed E-state index contributed by atoms with van der Waals surface area (Å²) in [5.74, 6) is -0.313. The van der Waals surface area contributed by atoms with E-state index in [1.165, 1.54) is 6.07 Å². The van der Waals surface area contributed by atoms with Crippen LogP contribution >= 0.6 is 11.3 Å². The number of rotatable bonds is 5. The van der Waals surface area contributed by atoms with Gasteiger partial charge in [0.1, 0.15) is 5.82 Å². The van der Waals surface area contributed by atoms with Gasteiger partial charge in [0.05, 0.1) is 6.61 Å². The summed E-state index contributed by atoms with van der Waals surface area (Å²) in [5, 5.41) is 13.7. The van der Waals surface area contributed by atoms with Gasteiger partial charge in [-0.05, 0) is 40.4 Å². The quantitative estimate of drug-likeness (QED) is 0.871. The molecule has 4 heteroatoms.